The molecule has 2 N–H and O–H groups in total. The number of carbonyl (C=O) groups is 3. The van der Waals surface area contributed by atoms with Gasteiger partial charge in [0.05, 0.1) is 12.8 Å². The van der Waals surface area contributed by atoms with Crippen molar-refractivity contribution < 1.29 is 23.9 Å². The molecule has 0 fully saturated rings. The van der Waals surface area contributed by atoms with Crippen molar-refractivity contribution in [3.63, 3.8) is 0 Å². The SMILES string of the molecule is COc1ccccc1NC(=O)CCCC(=O)OCC(=O)Nc1ccc(C)cc1C. The number of ether oxygens (including phenoxy) is 2. The van der Waals surface area contributed by atoms with Crippen molar-refractivity contribution >= 4 is 29.2 Å². The lowest BCUT2D eigenvalue weighted by atomic mass is 10.1. The second kappa shape index (κ2) is 10.8. The molecular formula is C22H26N2O5. The van der Waals surface area contributed by atoms with E-state index in [4.69, 9.17) is 9.47 Å². The van der Waals surface area contributed by atoms with E-state index >= 15 is 0 Å². The molecule has 0 heterocycles. The van der Waals surface area contributed by atoms with Crippen LogP contribution in [0.2, 0.25) is 0 Å². The normalized spacial score (nSPS) is 10.2. The third-order valence-corrected chi connectivity index (χ3v) is 4.19. The van der Waals surface area contributed by atoms with Crippen LogP contribution in [-0.2, 0) is 19.1 Å². The third kappa shape index (κ3) is 7.29. The van der Waals surface area contributed by atoms with E-state index < -0.39 is 11.9 Å². The molecule has 0 radical (unpaired) electrons. The lowest BCUT2D eigenvalue weighted by Crippen LogP contribution is -2.21. The fourth-order valence-electron chi connectivity index (χ4n) is 2.71. The summed E-state index contributed by atoms with van der Waals surface area (Å²) in [5.74, 6) is -0.588. The largest absolute Gasteiger partial charge is 0.495 e. The summed E-state index contributed by atoms with van der Waals surface area (Å²) < 4.78 is 10.1. The van der Waals surface area contributed by atoms with Gasteiger partial charge in [-0.15, -0.1) is 0 Å². The van der Waals surface area contributed by atoms with E-state index in [-0.39, 0.29) is 25.4 Å². The average Bonchev–Trinajstić information content (AvgIpc) is 2.69. The highest BCUT2D eigenvalue weighted by Crippen LogP contribution is 2.23. The number of hydrogen-bond donors (Lipinski definition) is 2. The minimum Gasteiger partial charge on any atom is -0.495 e. The minimum absolute atomic E-state index is 0.0518. The Balaban J connectivity index is 1.67. The van der Waals surface area contributed by atoms with Crippen molar-refractivity contribution in [2.45, 2.75) is 33.1 Å². The number of nitrogens with one attached hydrogen (secondary N) is 2. The lowest BCUT2D eigenvalue weighted by molar-refractivity contribution is -0.147. The molecule has 7 nitrogen and oxygen atoms in total. The molecule has 29 heavy (non-hydrogen) atoms. The van der Waals surface area contributed by atoms with Crippen molar-refractivity contribution in [1.29, 1.82) is 0 Å². The van der Waals surface area contributed by atoms with E-state index in [2.05, 4.69) is 10.6 Å². The molecule has 0 atom stereocenters. The first-order valence-electron chi connectivity index (χ1n) is 9.34. The molecule has 7 heteroatoms. The third-order valence-electron chi connectivity index (χ3n) is 4.19. The summed E-state index contributed by atoms with van der Waals surface area (Å²) in [5, 5.41) is 5.45. The van der Waals surface area contributed by atoms with Crippen molar-refractivity contribution in [2.24, 2.45) is 0 Å². The summed E-state index contributed by atoms with van der Waals surface area (Å²) in [6.07, 6.45) is 0.524. The summed E-state index contributed by atoms with van der Waals surface area (Å²) >= 11 is 0. The molecular weight excluding hydrogens is 372 g/mol. The fraction of sp³-hybridized carbons (Fsp3) is 0.318. The Morgan fingerprint density at radius 3 is 2.34 bits per heavy atom. The highest BCUT2D eigenvalue weighted by Gasteiger charge is 2.11. The summed E-state index contributed by atoms with van der Waals surface area (Å²) in [6, 6.07) is 12.7. The van der Waals surface area contributed by atoms with Gasteiger partial charge in [0.15, 0.2) is 6.61 Å². The monoisotopic (exact) mass is 398 g/mol. The number of methoxy groups -OCH3 is 1. The molecule has 0 saturated carbocycles. The van der Waals surface area contributed by atoms with E-state index in [9.17, 15) is 14.4 Å². The van der Waals surface area contributed by atoms with Gasteiger partial charge in [0.25, 0.3) is 5.91 Å². The maximum atomic E-state index is 12.0. The molecule has 0 bridgehead atoms. The summed E-state index contributed by atoms with van der Waals surface area (Å²) in [7, 11) is 1.53. The molecule has 2 aromatic carbocycles. The van der Waals surface area contributed by atoms with E-state index in [1.165, 1.54) is 7.11 Å². The Hall–Kier alpha value is -3.35. The van der Waals surface area contributed by atoms with Crippen molar-refractivity contribution in [3.05, 3.63) is 53.6 Å². The quantitative estimate of drug-likeness (QED) is 0.630. The van der Waals surface area contributed by atoms with Gasteiger partial charge in [0.2, 0.25) is 5.91 Å². The smallest absolute Gasteiger partial charge is 0.306 e. The van der Waals surface area contributed by atoms with Crippen molar-refractivity contribution in [3.8, 4) is 5.75 Å². The van der Waals surface area contributed by atoms with Gasteiger partial charge < -0.3 is 20.1 Å². The molecule has 0 aliphatic heterocycles. The van der Waals surface area contributed by atoms with Crippen LogP contribution < -0.4 is 15.4 Å². The fourth-order valence-corrected chi connectivity index (χ4v) is 2.71. The molecule has 2 amide bonds. The Bertz CT molecular complexity index is 879. The van der Waals surface area contributed by atoms with Crippen LogP contribution in [0.1, 0.15) is 30.4 Å². The van der Waals surface area contributed by atoms with E-state index in [0.717, 1.165) is 11.1 Å². The molecule has 0 aliphatic carbocycles. The number of para-hydroxylation sites is 2. The number of amides is 2. The number of aryl methyl sites for hydroxylation is 2. The van der Waals surface area contributed by atoms with Crippen LogP contribution in [0.5, 0.6) is 5.75 Å². The predicted octanol–water partition coefficient (Wildman–Crippen LogP) is 3.60. The lowest BCUT2D eigenvalue weighted by Gasteiger charge is -2.10. The molecule has 154 valence electrons. The molecule has 0 aromatic heterocycles. The zero-order chi connectivity index (χ0) is 21.2. The van der Waals surface area contributed by atoms with Crippen LogP contribution in [0.25, 0.3) is 0 Å². The van der Waals surface area contributed by atoms with Crippen LogP contribution in [-0.4, -0.2) is 31.5 Å². The number of benzene rings is 2. The van der Waals surface area contributed by atoms with Crippen LogP contribution in [0.4, 0.5) is 11.4 Å². The molecule has 0 spiro atoms. The number of rotatable bonds is 9. The molecule has 0 aliphatic rings. The van der Waals surface area contributed by atoms with Gasteiger partial charge >= 0.3 is 5.97 Å². The predicted molar refractivity (Wildman–Crippen MR) is 111 cm³/mol. The van der Waals surface area contributed by atoms with E-state index in [1.54, 1.807) is 24.3 Å². The molecule has 2 aromatic rings. The van der Waals surface area contributed by atoms with Gasteiger partial charge in [0.1, 0.15) is 5.75 Å². The molecule has 2 rings (SSSR count). The molecule has 0 unspecified atom stereocenters. The first-order valence-corrected chi connectivity index (χ1v) is 9.34. The van der Waals surface area contributed by atoms with E-state index in [0.29, 0.717) is 23.5 Å². The second-order valence-corrected chi connectivity index (χ2v) is 6.63. The number of carbonyl (C=O) groups excluding carboxylic acids is 3. The zero-order valence-electron chi connectivity index (χ0n) is 16.9. The van der Waals surface area contributed by atoms with Gasteiger partial charge in [-0.2, -0.15) is 0 Å². The maximum absolute atomic E-state index is 12.0. The average molecular weight is 398 g/mol. The van der Waals surface area contributed by atoms with Gasteiger partial charge in [0, 0.05) is 18.5 Å². The van der Waals surface area contributed by atoms with Crippen LogP contribution >= 0.6 is 0 Å². The van der Waals surface area contributed by atoms with Crippen molar-refractivity contribution in [1.82, 2.24) is 0 Å². The van der Waals surface area contributed by atoms with Gasteiger partial charge in [-0.25, -0.2) is 0 Å². The zero-order valence-corrected chi connectivity index (χ0v) is 16.9. The number of anilines is 2. The number of esters is 1. The van der Waals surface area contributed by atoms with Gasteiger partial charge in [-0.1, -0.05) is 29.8 Å². The first kappa shape index (κ1) is 21.9. The Labute approximate surface area is 170 Å². The van der Waals surface area contributed by atoms with Crippen LogP contribution in [0, 0.1) is 13.8 Å². The Morgan fingerprint density at radius 1 is 0.897 bits per heavy atom. The Kier molecular flexibility index (Phi) is 8.21. The summed E-state index contributed by atoms with van der Waals surface area (Å²) in [6.45, 7) is 3.50. The van der Waals surface area contributed by atoms with Crippen molar-refractivity contribution in [2.75, 3.05) is 24.4 Å². The standard InChI is InChI=1S/C22H26N2O5/c1-15-11-12-17(16(2)13-15)23-21(26)14-29-22(27)10-6-9-20(25)24-18-7-4-5-8-19(18)28-3/h4-5,7-8,11-13H,6,9-10,14H2,1-3H3,(H,23,26)(H,24,25). The summed E-state index contributed by atoms with van der Waals surface area (Å²) in [4.78, 5) is 35.7. The first-order chi connectivity index (χ1) is 13.9. The highest BCUT2D eigenvalue weighted by atomic mass is 16.5. The number of hydrogen-bond acceptors (Lipinski definition) is 5. The highest BCUT2D eigenvalue weighted by molar-refractivity contribution is 5.94. The molecule has 0 saturated heterocycles. The topological polar surface area (TPSA) is 93.7 Å². The van der Waals surface area contributed by atoms with E-state index in [1.807, 2.05) is 32.0 Å². The Morgan fingerprint density at radius 2 is 1.62 bits per heavy atom. The second-order valence-electron chi connectivity index (χ2n) is 6.63. The van der Waals surface area contributed by atoms with Crippen LogP contribution in [0.3, 0.4) is 0 Å². The summed E-state index contributed by atoms with van der Waals surface area (Å²) in [5.41, 5.74) is 3.29. The van der Waals surface area contributed by atoms with Gasteiger partial charge in [-0.05, 0) is 44.0 Å². The maximum Gasteiger partial charge on any atom is 0.306 e. The van der Waals surface area contributed by atoms with Gasteiger partial charge in [-0.3, -0.25) is 14.4 Å². The van der Waals surface area contributed by atoms with Crippen LogP contribution in [0.15, 0.2) is 42.5 Å². The minimum atomic E-state index is -0.522.